The summed E-state index contributed by atoms with van der Waals surface area (Å²) in [5.74, 6) is -0.698. The summed E-state index contributed by atoms with van der Waals surface area (Å²) in [4.78, 5) is 15.9. The lowest BCUT2D eigenvalue weighted by atomic mass is 9.77. The van der Waals surface area contributed by atoms with Gasteiger partial charge in [-0.15, -0.1) is 0 Å². The average molecular weight is 241 g/mol. The normalized spacial score (nSPS) is 18.0. The van der Waals surface area contributed by atoms with Gasteiger partial charge in [0.15, 0.2) is 0 Å². The van der Waals surface area contributed by atoms with Crippen molar-refractivity contribution in [3.05, 3.63) is 42.2 Å². The van der Waals surface area contributed by atoms with E-state index in [1.165, 1.54) is 0 Å². The molecule has 1 heterocycles. The van der Waals surface area contributed by atoms with E-state index in [0.717, 1.165) is 42.0 Å². The lowest BCUT2D eigenvalue weighted by Gasteiger charge is -2.25. The lowest BCUT2D eigenvalue weighted by molar-refractivity contribution is -0.143. The standard InChI is InChI=1S/C15H15NO2/c17-14(18)15(7-1-2-8-15)13-5-3-4-11-6-9-16-10-12(11)13/h3-6,9-10H,1-2,7-8H2,(H,17,18). The molecule has 0 radical (unpaired) electrons. The van der Waals surface area contributed by atoms with Crippen LogP contribution in [0.2, 0.25) is 0 Å². The Labute approximate surface area is 105 Å². The predicted octanol–water partition coefficient (Wildman–Crippen LogP) is 3.13. The quantitative estimate of drug-likeness (QED) is 0.878. The van der Waals surface area contributed by atoms with E-state index in [-0.39, 0.29) is 0 Å². The van der Waals surface area contributed by atoms with Gasteiger partial charge in [-0.1, -0.05) is 31.0 Å². The number of nitrogens with zero attached hydrogens (tertiary/aromatic N) is 1. The van der Waals surface area contributed by atoms with Crippen LogP contribution >= 0.6 is 0 Å². The SMILES string of the molecule is O=C(O)C1(c2cccc3ccncc23)CCCC1. The Balaban J connectivity index is 2.27. The number of carbonyl (C=O) groups is 1. The third-order valence-corrected chi connectivity index (χ3v) is 4.07. The second kappa shape index (κ2) is 4.09. The van der Waals surface area contributed by atoms with Crippen molar-refractivity contribution in [3.8, 4) is 0 Å². The van der Waals surface area contributed by atoms with Crippen LogP contribution in [0.3, 0.4) is 0 Å². The Bertz CT molecular complexity index is 595. The highest BCUT2D eigenvalue weighted by molar-refractivity contribution is 5.92. The molecule has 1 aliphatic rings. The molecule has 3 heteroatoms. The molecule has 1 fully saturated rings. The number of aliphatic carboxylic acids is 1. The maximum Gasteiger partial charge on any atom is 0.314 e. The molecule has 0 amide bonds. The first kappa shape index (κ1) is 11.2. The van der Waals surface area contributed by atoms with Gasteiger partial charge < -0.3 is 5.11 Å². The summed E-state index contributed by atoms with van der Waals surface area (Å²) in [5, 5.41) is 11.7. The van der Waals surface area contributed by atoms with Gasteiger partial charge in [0.1, 0.15) is 0 Å². The van der Waals surface area contributed by atoms with E-state index >= 15 is 0 Å². The number of fused-ring (bicyclic) bond motifs is 1. The first-order valence-electron chi connectivity index (χ1n) is 6.31. The zero-order valence-electron chi connectivity index (χ0n) is 10.1. The summed E-state index contributed by atoms with van der Waals surface area (Å²) >= 11 is 0. The molecular formula is C15H15NO2. The van der Waals surface area contributed by atoms with Gasteiger partial charge in [0.05, 0.1) is 5.41 Å². The molecule has 1 aromatic carbocycles. The summed E-state index contributed by atoms with van der Waals surface area (Å²) in [6.07, 6.45) is 6.97. The number of carboxylic acids is 1. The van der Waals surface area contributed by atoms with Crippen LogP contribution in [-0.4, -0.2) is 16.1 Å². The van der Waals surface area contributed by atoms with Crippen molar-refractivity contribution in [3.63, 3.8) is 0 Å². The van der Waals surface area contributed by atoms with Gasteiger partial charge in [-0.2, -0.15) is 0 Å². The summed E-state index contributed by atoms with van der Waals surface area (Å²) in [5.41, 5.74) is 0.223. The topological polar surface area (TPSA) is 50.2 Å². The van der Waals surface area contributed by atoms with E-state index in [2.05, 4.69) is 4.98 Å². The monoisotopic (exact) mass is 241 g/mol. The first-order valence-corrected chi connectivity index (χ1v) is 6.31. The van der Waals surface area contributed by atoms with Crippen LogP contribution in [-0.2, 0) is 10.2 Å². The van der Waals surface area contributed by atoms with Crippen LogP contribution < -0.4 is 0 Å². The molecule has 0 aliphatic heterocycles. The van der Waals surface area contributed by atoms with Gasteiger partial charge in [0.2, 0.25) is 0 Å². The molecule has 3 rings (SSSR count). The van der Waals surface area contributed by atoms with Crippen LogP contribution in [0.15, 0.2) is 36.7 Å². The maximum atomic E-state index is 11.7. The van der Waals surface area contributed by atoms with Crippen molar-refractivity contribution in [2.24, 2.45) is 0 Å². The number of benzene rings is 1. The molecule has 1 aromatic heterocycles. The van der Waals surface area contributed by atoms with E-state index in [1.54, 1.807) is 12.4 Å². The van der Waals surface area contributed by atoms with Gasteiger partial charge in [-0.3, -0.25) is 9.78 Å². The highest BCUT2D eigenvalue weighted by atomic mass is 16.4. The largest absolute Gasteiger partial charge is 0.481 e. The number of hydrogen-bond acceptors (Lipinski definition) is 2. The van der Waals surface area contributed by atoms with E-state index in [4.69, 9.17) is 0 Å². The zero-order valence-corrected chi connectivity index (χ0v) is 10.1. The number of aromatic nitrogens is 1. The minimum absolute atomic E-state index is 0.698. The molecule has 0 spiro atoms. The number of pyridine rings is 1. The molecule has 3 nitrogen and oxygen atoms in total. The highest BCUT2D eigenvalue weighted by Crippen LogP contribution is 2.43. The molecule has 0 unspecified atom stereocenters. The van der Waals surface area contributed by atoms with Crippen molar-refractivity contribution in [1.82, 2.24) is 4.98 Å². The Morgan fingerprint density at radius 1 is 1.22 bits per heavy atom. The van der Waals surface area contributed by atoms with Crippen molar-refractivity contribution in [2.45, 2.75) is 31.1 Å². The summed E-state index contributed by atoms with van der Waals surface area (Å²) in [6, 6.07) is 7.83. The van der Waals surface area contributed by atoms with E-state index in [1.807, 2.05) is 24.3 Å². The van der Waals surface area contributed by atoms with Gasteiger partial charge >= 0.3 is 5.97 Å². The third-order valence-electron chi connectivity index (χ3n) is 4.07. The number of hydrogen-bond donors (Lipinski definition) is 1. The fourth-order valence-electron chi connectivity index (χ4n) is 3.11. The first-order chi connectivity index (χ1) is 8.74. The maximum absolute atomic E-state index is 11.7. The van der Waals surface area contributed by atoms with Crippen LogP contribution in [0, 0.1) is 0 Å². The number of carboxylic acid groups (broad SMARTS) is 1. The Morgan fingerprint density at radius 2 is 2.00 bits per heavy atom. The molecule has 0 bridgehead atoms. The van der Waals surface area contributed by atoms with Crippen LogP contribution in [0.4, 0.5) is 0 Å². The van der Waals surface area contributed by atoms with E-state index in [9.17, 15) is 9.90 Å². The lowest BCUT2D eigenvalue weighted by Crippen LogP contribution is -2.32. The smallest absolute Gasteiger partial charge is 0.314 e. The molecule has 0 atom stereocenters. The Kier molecular flexibility index (Phi) is 2.54. The minimum atomic E-state index is -0.706. The Morgan fingerprint density at radius 3 is 2.72 bits per heavy atom. The molecule has 2 aromatic rings. The molecule has 1 aliphatic carbocycles. The van der Waals surface area contributed by atoms with Crippen molar-refractivity contribution >= 4 is 16.7 Å². The predicted molar refractivity (Wildman–Crippen MR) is 69.5 cm³/mol. The fraction of sp³-hybridized carbons (Fsp3) is 0.333. The van der Waals surface area contributed by atoms with Crippen LogP contribution in [0.1, 0.15) is 31.2 Å². The summed E-state index contributed by atoms with van der Waals surface area (Å²) in [6.45, 7) is 0. The third kappa shape index (κ3) is 1.50. The summed E-state index contributed by atoms with van der Waals surface area (Å²) in [7, 11) is 0. The number of rotatable bonds is 2. The minimum Gasteiger partial charge on any atom is -0.481 e. The van der Waals surface area contributed by atoms with Gasteiger partial charge in [0.25, 0.3) is 0 Å². The molecule has 1 N–H and O–H groups in total. The second-order valence-electron chi connectivity index (χ2n) is 5.00. The summed E-state index contributed by atoms with van der Waals surface area (Å²) < 4.78 is 0. The van der Waals surface area contributed by atoms with Gasteiger partial charge in [-0.05, 0) is 29.9 Å². The molecule has 0 saturated heterocycles. The van der Waals surface area contributed by atoms with Crippen molar-refractivity contribution in [1.29, 1.82) is 0 Å². The molecule has 92 valence electrons. The molecular weight excluding hydrogens is 226 g/mol. The Hall–Kier alpha value is -1.90. The molecule has 1 saturated carbocycles. The average Bonchev–Trinajstić information content (AvgIpc) is 2.88. The zero-order chi connectivity index (χ0) is 12.6. The van der Waals surface area contributed by atoms with Gasteiger partial charge in [-0.25, -0.2) is 0 Å². The van der Waals surface area contributed by atoms with Gasteiger partial charge in [0, 0.05) is 17.8 Å². The van der Waals surface area contributed by atoms with E-state index in [0.29, 0.717) is 0 Å². The van der Waals surface area contributed by atoms with Crippen LogP contribution in [0.5, 0.6) is 0 Å². The highest BCUT2D eigenvalue weighted by Gasteiger charge is 2.43. The fourth-order valence-corrected chi connectivity index (χ4v) is 3.11. The van der Waals surface area contributed by atoms with Crippen LogP contribution in [0.25, 0.3) is 10.8 Å². The second-order valence-corrected chi connectivity index (χ2v) is 5.00. The van der Waals surface area contributed by atoms with E-state index < -0.39 is 11.4 Å². The van der Waals surface area contributed by atoms with Crippen molar-refractivity contribution < 1.29 is 9.90 Å². The molecule has 18 heavy (non-hydrogen) atoms. The van der Waals surface area contributed by atoms with Crippen molar-refractivity contribution in [2.75, 3.05) is 0 Å².